The molecule has 21 heavy (non-hydrogen) atoms. The summed E-state index contributed by atoms with van der Waals surface area (Å²) in [6.07, 6.45) is 1.72. The van der Waals surface area contributed by atoms with Crippen LogP contribution in [0, 0.1) is 0 Å². The Morgan fingerprint density at radius 3 is 2.62 bits per heavy atom. The molecule has 0 saturated heterocycles. The third-order valence-electron chi connectivity index (χ3n) is 3.64. The molecule has 4 nitrogen and oxygen atoms in total. The zero-order valence-corrected chi connectivity index (χ0v) is 12.4. The fourth-order valence-corrected chi connectivity index (χ4v) is 2.75. The molecule has 1 atom stereocenters. The van der Waals surface area contributed by atoms with Crippen LogP contribution in [0.5, 0.6) is 0 Å². The summed E-state index contributed by atoms with van der Waals surface area (Å²) in [5.41, 5.74) is 1.50. The number of hydrogen-bond acceptors (Lipinski definition) is 2. The summed E-state index contributed by atoms with van der Waals surface area (Å²) in [5.74, 6) is -1.56. The van der Waals surface area contributed by atoms with Gasteiger partial charge < -0.3 is 10.0 Å². The zero-order valence-electron chi connectivity index (χ0n) is 11.7. The van der Waals surface area contributed by atoms with Gasteiger partial charge in [0.15, 0.2) is 0 Å². The maximum Gasteiger partial charge on any atom is 0.333 e. The van der Waals surface area contributed by atoms with Crippen LogP contribution in [0.4, 0.5) is 0 Å². The van der Waals surface area contributed by atoms with E-state index in [0.29, 0.717) is 17.3 Å². The first-order valence-corrected chi connectivity index (χ1v) is 6.94. The van der Waals surface area contributed by atoms with Crippen LogP contribution in [0.1, 0.15) is 24.8 Å². The number of amides is 1. The highest BCUT2D eigenvalue weighted by Gasteiger charge is 2.35. The lowest BCUT2D eigenvalue weighted by Crippen LogP contribution is -2.38. The van der Waals surface area contributed by atoms with Gasteiger partial charge >= 0.3 is 5.97 Å². The van der Waals surface area contributed by atoms with Crippen LogP contribution in [0.25, 0.3) is 0 Å². The molecule has 1 aliphatic rings. The van der Waals surface area contributed by atoms with Gasteiger partial charge in [-0.15, -0.1) is 6.58 Å². The summed E-state index contributed by atoms with van der Waals surface area (Å²) in [6, 6.07) is 6.93. The highest BCUT2D eigenvalue weighted by atomic mass is 35.5. The molecule has 0 radical (unpaired) electrons. The Balaban J connectivity index is 2.50. The molecule has 1 N–H and O–H groups in total. The Morgan fingerprint density at radius 2 is 2.10 bits per heavy atom. The van der Waals surface area contributed by atoms with E-state index in [4.69, 9.17) is 11.6 Å². The molecular weight excluding hydrogens is 290 g/mol. The van der Waals surface area contributed by atoms with Gasteiger partial charge in [0, 0.05) is 29.6 Å². The minimum absolute atomic E-state index is 0.0997. The second-order valence-corrected chi connectivity index (χ2v) is 5.34. The van der Waals surface area contributed by atoms with Gasteiger partial charge in [0.25, 0.3) is 0 Å². The summed E-state index contributed by atoms with van der Waals surface area (Å²) in [4.78, 5) is 25.3. The lowest BCUT2D eigenvalue weighted by atomic mass is 9.84. The van der Waals surface area contributed by atoms with E-state index in [-0.39, 0.29) is 17.9 Å². The van der Waals surface area contributed by atoms with E-state index >= 15 is 0 Å². The number of aliphatic carboxylic acids is 1. The fourth-order valence-electron chi connectivity index (χ4n) is 2.62. The Bertz CT molecular complexity index is 619. The van der Waals surface area contributed by atoms with Crippen molar-refractivity contribution in [3.63, 3.8) is 0 Å². The number of carboxylic acids is 1. The van der Waals surface area contributed by atoms with E-state index in [9.17, 15) is 14.7 Å². The van der Waals surface area contributed by atoms with Gasteiger partial charge in [-0.3, -0.25) is 4.79 Å². The van der Waals surface area contributed by atoms with Crippen molar-refractivity contribution in [3.05, 3.63) is 58.8 Å². The molecule has 0 saturated carbocycles. The van der Waals surface area contributed by atoms with Gasteiger partial charge in [-0.2, -0.15) is 0 Å². The zero-order chi connectivity index (χ0) is 15.6. The monoisotopic (exact) mass is 305 g/mol. The number of rotatable bonds is 4. The SMILES string of the molecule is C=CCN1C(=O)CC(c2ccc(Cl)cc2)C(C(=O)O)=C1C. The smallest absolute Gasteiger partial charge is 0.333 e. The number of carbonyl (C=O) groups excluding carboxylic acids is 1. The number of carboxylic acid groups (broad SMARTS) is 1. The lowest BCUT2D eigenvalue weighted by Gasteiger charge is -2.33. The second-order valence-electron chi connectivity index (χ2n) is 4.91. The molecule has 1 amide bonds. The molecule has 0 aromatic heterocycles. The normalized spacial score (nSPS) is 18.9. The molecule has 2 rings (SSSR count). The van der Waals surface area contributed by atoms with E-state index in [1.807, 2.05) is 0 Å². The second kappa shape index (κ2) is 6.14. The summed E-state index contributed by atoms with van der Waals surface area (Å²) in [5, 5.41) is 10.1. The molecule has 0 aliphatic carbocycles. The van der Waals surface area contributed by atoms with Crippen molar-refractivity contribution in [2.24, 2.45) is 0 Å². The number of allylic oxidation sites excluding steroid dienone is 1. The number of benzene rings is 1. The highest BCUT2D eigenvalue weighted by molar-refractivity contribution is 6.30. The standard InChI is InChI=1S/C16H16ClNO3/c1-3-8-18-10(2)15(16(20)21)13(9-14(18)19)11-4-6-12(17)7-5-11/h3-7,13H,1,8-9H2,2H3,(H,20,21). The maximum atomic E-state index is 12.2. The number of hydrogen-bond donors (Lipinski definition) is 1. The number of nitrogens with zero attached hydrogens (tertiary/aromatic N) is 1. The first-order chi connectivity index (χ1) is 9.95. The van der Waals surface area contributed by atoms with E-state index < -0.39 is 11.9 Å². The molecule has 1 aliphatic heterocycles. The Morgan fingerprint density at radius 1 is 1.48 bits per heavy atom. The van der Waals surface area contributed by atoms with Crippen LogP contribution in [0.15, 0.2) is 48.2 Å². The highest BCUT2D eigenvalue weighted by Crippen LogP contribution is 2.36. The van der Waals surface area contributed by atoms with E-state index in [1.54, 1.807) is 37.3 Å². The minimum Gasteiger partial charge on any atom is -0.478 e. The first kappa shape index (κ1) is 15.3. The van der Waals surface area contributed by atoms with Crippen molar-refractivity contribution in [1.29, 1.82) is 0 Å². The predicted molar refractivity (Wildman–Crippen MR) is 81.1 cm³/mol. The molecular formula is C16H16ClNO3. The van der Waals surface area contributed by atoms with Crippen molar-refractivity contribution in [3.8, 4) is 0 Å². The van der Waals surface area contributed by atoms with Crippen molar-refractivity contribution in [2.75, 3.05) is 6.54 Å². The predicted octanol–water partition coefficient (Wildman–Crippen LogP) is 3.20. The molecule has 0 bridgehead atoms. The van der Waals surface area contributed by atoms with Crippen molar-refractivity contribution < 1.29 is 14.7 Å². The molecule has 110 valence electrons. The fraction of sp³-hybridized carbons (Fsp3) is 0.250. The average Bonchev–Trinajstić information content (AvgIpc) is 2.43. The summed E-state index contributed by atoms with van der Waals surface area (Å²) in [7, 11) is 0. The van der Waals surface area contributed by atoms with Crippen molar-refractivity contribution >= 4 is 23.5 Å². The van der Waals surface area contributed by atoms with E-state index in [0.717, 1.165) is 5.56 Å². The summed E-state index contributed by atoms with van der Waals surface area (Å²) < 4.78 is 0. The largest absolute Gasteiger partial charge is 0.478 e. The maximum absolute atomic E-state index is 12.2. The summed E-state index contributed by atoms with van der Waals surface area (Å²) in [6.45, 7) is 5.58. The van der Waals surface area contributed by atoms with E-state index in [1.165, 1.54) is 4.90 Å². The van der Waals surface area contributed by atoms with Crippen LogP contribution in [0.2, 0.25) is 5.02 Å². The van der Waals surface area contributed by atoms with Crippen LogP contribution >= 0.6 is 11.6 Å². The minimum atomic E-state index is -1.01. The summed E-state index contributed by atoms with van der Waals surface area (Å²) >= 11 is 5.86. The molecule has 0 fully saturated rings. The van der Waals surface area contributed by atoms with Gasteiger partial charge in [0.2, 0.25) is 5.91 Å². The van der Waals surface area contributed by atoms with Crippen LogP contribution < -0.4 is 0 Å². The van der Waals surface area contributed by atoms with Gasteiger partial charge in [-0.25, -0.2) is 4.79 Å². The topological polar surface area (TPSA) is 57.6 Å². The van der Waals surface area contributed by atoms with Gasteiger partial charge in [-0.05, 0) is 24.6 Å². The van der Waals surface area contributed by atoms with Crippen molar-refractivity contribution in [2.45, 2.75) is 19.3 Å². The molecule has 1 heterocycles. The van der Waals surface area contributed by atoms with Crippen LogP contribution in [0.3, 0.4) is 0 Å². The van der Waals surface area contributed by atoms with Crippen molar-refractivity contribution in [1.82, 2.24) is 4.90 Å². The lowest BCUT2D eigenvalue weighted by molar-refractivity contribution is -0.134. The Kier molecular flexibility index (Phi) is 4.48. The number of carbonyl (C=O) groups is 2. The van der Waals surface area contributed by atoms with Crippen LogP contribution in [-0.4, -0.2) is 28.4 Å². The molecule has 1 unspecified atom stereocenters. The average molecular weight is 306 g/mol. The molecule has 1 aromatic carbocycles. The molecule has 0 spiro atoms. The molecule has 5 heteroatoms. The Hall–Kier alpha value is -2.07. The van der Waals surface area contributed by atoms with Gasteiger partial charge in [0.05, 0.1) is 5.57 Å². The Labute approximate surface area is 128 Å². The van der Waals surface area contributed by atoms with E-state index in [2.05, 4.69) is 6.58 Å². The quantitative estimate of drug-likeness (QED) is 0.869. The van der Waals surface area contributed by atoms with Gasteiger partial charge in [-0.1, -0.05) is 29.8 Å². The molecule has 1 aromatic rings. The third kappa shape index (κ3) is 3.00. The number of halogens is 1. The first-order valence-electron chi connectivity index (χ1n) is 6.56. The third-order valence-corrected chi connectivity index (χ3v) is 3.89. The van der Waals surface area contributed by atoms with Gasteiger partial charge in [0.1, 0.15) is 0 Å². The van der Waals surface area contributed by atoms with Crippen LogP contribution in [-0.2, 0) is 9.59 Å².